The number of H-pyrrole nitrogens is 1. The van der Waals surface area contributed by atoms with Gasteiger partial charge in [0.25, 0.3) is 5.56 Å². The molecular weight excluding hydrogens is 375 g/mol. The average molecular weight is 378 g/mol. The van der Waals surface area contributed by atoms with Crippen molar-refractivity contribution < 1.29 is 0 Å². The van der Waals surface area contributed by atoms with E-state index in [1.165, 1.54) is 12.3 Å². The number of pyridine rings is 1. The first kappa shape index (κ1) is 15.3. The SMILES string of the molecule is O=c1[nH]cc(-c2c(Cl)c(Cl)c(Cl)c(Cl)c2Cl)cc1Cl. The molecule has 19 heavy (non-hydrogen) atoms. The van der Waals surface area contributed by atoms with E-state index < -0.39 is 5.56 Å². The highest BCUT2D eigenvalue weighted by Crippen LogP contribution is 2.48. The van der Waals surface area contributed by atoms with Gasteiger partial charge in [-0.3, -0.25) is 4.79 Å². The number of hydrogen-bond acceptors (Lipinski definition) is 1. The van der Waals surface area contributed by atoms with Crippen LogP contribution in [-0.4, -0.2) is 4.98 Å². The zero-order valence-corrected chi connectivity index (χ0v) is 13.4. The summed E-state index contributed by atoms with van der Waals surface area (Å²) in [6, 6.07) is 1.41. The smallest absolute Gasteiger partial charge is 0.266 e. The molecule has 0 aliphatic heterocycles. The highest BCUT2D eigenvalue weighted by molar-refractivity contribution is 6.56. The van der Waals surface area contributed by atoms with E-state index in [1.807, 2.05) is 0 Å². The second-order valence-electron chi connectivity index (χ2n) is 3.51. The predicted octanol–water partition coefficient (Wildman–Crippen LogP) is 5.96. The van der Waals surface area contributed by atoms with Crippen LogP contribution in [0.4, 0.5) is 0 Å². The van der Waals surface area contributed by atoms with Crippen LogP contribution in [0.3, 0.4) is 0 Å². The summed E-state index contributed by atoms with van der Waals surface area (Å²) in [6.45, 7) is 0. The van der Waals surface area contributed by atoms with Gasteiger partial charge in [0.1, 0.15) is 5.02 Å². The topological polar surface area (TPSA) is 32.9 Å². The molecule has 0 saturated carbocycles. The van der Waals surface area contributed by atoms with Gasteiger partial charge in [-0.05, 0) is 6.07 Å². The molecule has 0 unspecified atom stereocenters. The number of benzene rings is 1. The van der Waals surface area contributed by atoms with Crippen molar-refractivity contribution in [3.05, 3.63) is 52.8 Å². The fraction of sp³-hybridized carbons (Fsp3) is 0. The molecule has 0 aliphatic carbocycles. The first-order valence-electron chi connectivity index (χ1n) is 4.74. The number of aromatic nitrogens is 1. The Hall–Kier alpha value is -0.0900. The van der Waals surface area contributed by atoms with Gasteiger partial charge in [0.15, 0.2) is 0 Å². The fourth-order valence-electron chi connectivity index (χ4n) is 1.46. The molecule has 2 aromatic rings. The first-order valence-corrected chi connectivity index (χ1v) is 7.01. The summed E-state index contributed by atoms with van der Waals surface area (Å²) in [5.41, 5.74) is 0.393. The van der Waals surface area contributed by atoms with Gasteiger partial charge in [-0.25, -0.2) is 0 Å². The standard InChI is InChI=1S/C11H3Cl6NO/c12-4-1-3(2-18-11(4)19)5-6(13)8(15)10(17)9(16)7(5)14/h1-2H,(H,18,19). The molecule has 0 bridgehead atoms. The Morgan fingerprint density at radius 2 is 1.26 bits per heavy atom. The van der Waals surface area contributed by atoms with Crippen molar-refractivity contribution in [1.82, 2.24) is 4.98 Å². The molecule has 1 aromatic carbocycles. The minimum atomic E-state index is -0.427. The molecule has 1 aromatic heterocycles. The zero-order valence-electron chi connectivity index (χ0n) is 8.83. The van der Waals surface area contributed by atoms with Gasteiger partial charge in [-0.2, -0.15) is 0 Å². The van der Waals surface area contributed by atoms with Gasteiger partial charge in [0.05, 0.1) is 25.1 Å². The number of aromatic amines is 1. The van der Waals surface area contributed by atoms with E-state index in [0.29, 0.717) is 11.1 Å². The number of halogens is 6. The Morgan fingerprint density at radius 3 is 1.74 bits per heavy atom. The lowest BCUT2D eigenvalue weighted by molar-refractivity contribution is 1.24. The largest absolute Gasteiger partial charge is 0.327 e. The molecule has 100 valence electrons. The van der Waals surface area contributed by atoms with E-state index in [0.717, 1.165) is 0 Å². The maximum atomic E-state index is 11.2. The van der Waals surface area contributed by atoms with Gasteiger partial charge in [-0.15, -0.1) is 0 Å². The molecule has 8 heteroatoms. The lowest BCUT2D eigenvalue weighted by Crippen LogP contribution is -2.05. The summed E-state index contributed by atoms with van der Waals surface area (Å²) in [6.07, 6.45) is 1.40. The normalized spacial score (nSPS) is 10.8. The fourth-order valence-corrected chi connectivity index (χ4v) is 2.99. The summed E-state index contributed by atoms with van der Waals surface area (Å²) >= 11 is 35.8. The number of rotatable bonds is 1. The Labute approximate surface area is 138 Å². The quantitative estimate of drug-likeness (QED) is 0.482. The van der Waals surface area contributed by atoms with E-state index >= 15 is 0 Å². The molecular formula is C11H3Cl6NO. The van der Waals surface area contributed by atoms with Crippen LogP contribution < -0.4 is 5.56 Å². The third kappa shape index (κ3) is 2.71. The molecule has 0 amide bonds. The van der Waals surface area contributed by atoms with Crippen molar-refractivity contribution in [3.8, 4) is 11.1 Å². The molecule has 0 spiro atoms. The molecule has 2 nitrogen and oxygen atoms in total. The number of hydrogen-bond donors (Lipinski definition) is 1. The third-order valence-corrected chi connectivity index (χ3v) is 4.91. The Morgan fingerprint density at radius 1 is 0.789 bits per heavy atom. The summed E-state index contributed by atoms with van der Waals surface area (Å²) in [5.74, 6) is 0. The van der Waals surface area contributed by atoms with Crippen LogP contribution in [0, 0.1) is 0 Å². The Balaban J connectivity index is 2.82. The van der Waals surface area contributed by atoms with E-state index in [1.54, 1.807) is 0 Å². The van der Waals surface area contributed by atoms with Crippen molar-refractivity contribution in [2.45, 2.75) is 0 Å². The summed E-state index contributed by atoms with van der Waals surface area (Å²) in [7, 11) is 0. The molecule has 0 saturated heterocycles. The van der Waals surface area contributed by atoms with Gasteiger partial charge in [-0.1, -0.05) is 69.6 Å². The van der Waals surface area contributed by atoms with E-state index in [9.17, 15) is 4.79 Å². The van der Waals surface area contributed by atoms with Gasteiger partial charge in [0.2, 0.25) is 0 Å². The molecule has 1 N–H and O–H groups in total. The highest BCUT2D eigenvalue weighted by Gasteiger charge is 2.20. The van der Waals surface area contributed by atoms with E-state index in [2.05, 4.69) is 4.98 Å². The molecule has 1 heterocycles. The van der Waals surface area contributed by atoms with Crippen molar-refractivity contribution in [2.75, 3.05) is 0 Å². The van der Waals surface area contributed by atoms with Gasteiger partial charge in [0, 0.05) is 17.3 Å². The average Bonchev–Trinajstić information content (AvgIpc) is 2.38. The minimum absolute atomic E-state index is 0.00757. The Bertz CT molecular complexity index is 695. The first-order chi connectivity index (χ1) is 8.84. The van der Waals surface area contributed by atoms with E-state index in [4.69, 9.17) is 69.6 Å². The molecule has 0 atom stereocenters. The second-order valence-corrected chi connectivity index (χ2v) is 5.81. The predicted molar refractivity (Wildman–Crippen MR) is 82.6 cm³/mol. The lowest BCUT2D eigenvalue weighted by Gasteiger charge is -2.12. The highest BCUT2D eigenvalue weighted by atomic mass is 35.5. The maximum absolute atomic E-state index is 11.2. The van der Waals surface area contributed by atoms with Crippen LogP contribution in [0.1, 0.15) is 0 Å². The summed E-state index contributed by atoms with van der Waals surface area (Å²) < 4.78 is 0. The van der Waals surface area contributed by atoms with Gasteiger partial charge >= 0.3 is 0 Å². The summed E-state index contributed by atoms with van der Waals surface area (Å²) in [5, 5.41) is 0.475. The van der Waals surface area contributed by atoms with Crippen molar-refractivity contribution >= 4 is 69.6 Å². The Kier molecular flexibility index (Phi) is 4.61. The van der Waals surface area contributed by atoms with Crippen LogP contribution in [-0.2, 0) is 0 Å². The monoisotopic (exact) mass is 375 g/mol. The lowest BCUT2D eigenvalue weighted by atomic mass is 10.1. The summed E-state index contributed by atoms with van der Waals surface area (Å²) in [4.78, 5) is 13.7. The second kappa shape index (κ2) is 5.72. The van der Waals surface area contributed by atoms with Crippen LogP contribution >= 0.6 is 69.6 Å². The van der Waals surface area contributed by atoms with Crippen molar-refractivity contribution in [2.24, 2.45) is 0 Å². The van der Waals surface area contributed by atoms with Crippen molar-refractivity contribution in [3.63, 3.8) is 0 Å². The minimum Gasteiger partial charge on any atom is -0.327 e. The van der Waals surface area contributed by atoms with Gasteiger partial charge < -0.3 is 4.98 Å². The van der Waals surface area contributed by atoms with Crippen LogP contribution in [0.5, 0.6) is 0 Å². The molecule has 0 fully saturated rings. The number of nitrogens with one attached hydrogen (secondary N) is 1. The third-order valence-electron chi connectivity index (χ3n) is 2.36. The zero-order chi connectivity index (χ0) is 14.3. The molecule has 2 rings (SSSR count). The molecule has 0 radical (unpaired) electrons. The van der Waals surface area contributed by atoms with Crippen LogP contribution in [0.25, 0.3) is 11.1 Å². The van der Waals surface area contributed by atoms with E-state index in [-0.39, 0.29) is 30.1 Å². The van der Waals surface area contributed by atoms with Crippen molar-refractivity contribution in [1.29, 1.82) is 0 Å². The van der Waals surface area contributed by atoms with Crippen LogP contribution in [0.15, 0.2) is 17.1 Å². The maximum Gasteiger partial charge on any atom is 0.266 e. The van der Waals surface area contributed by atoms with Crippen LogP contribution in [0.2, 0.25) is 30.1 Å². The molecule has 0 aliphatic rings.